The van der Waals surface area contributed by atoms with Gasteiger partial charge in [-0.15, -0.1) is 11.3 Å². The first-order valence-electron chi connectivity index (χ1n) is 7.04. The fourth-order valence-electron chi connectivity index (χ4n) is 2.90. The number of benzene rings is 1. The highest BCUT2D eigenvalue weighted by Crippen LogP contribution is 2.43. The van der Waals surface area contributed by atoms with Crippen LogP contribution in [0.1, 0.15) is 33.6 Å². The molecule has 20 heavy (non-hydrogen) atoms. The fourth-order valence-corrected chi connectivity index (χ4v) is 3.98. The van der Waals surface area contributed by atoms with E-state index in [-0.39, 0.29) is 5.91 Å². The van der Waals surface area contributed by atoms with E-state index in [1.807, 2.05) is 6.07 Å². The molecule has 1 fully saturated rings. The third-order valence-electron chi connectivity index (χ3n) is 4.06. The lowest BCUT2D eigenvalue weighted by atomic mass is 9.88. The number of carbonyl (C=O) groups is 1. The van der Waals surface area contributed by atoms with Gasteiger partial charge in [-0.3, -0.25) is 4.79 Å². The molecular formula is C16H16N2OS. The Bertz CT molecular complexity index is 700. The normalized spacial score (nSPS) is 16.4. The maximum absolute atomic E-state index is 12.5. The first-order valence-corrected chi connectivity index (χ1v) is 7.86. The average molecular weight is 284 g/mol. The molecule has 0 spiro atoms. The Labute approximate surface area is 121 Å². The van der Waals surface area contributed by atoms with E-state index in [0.29, 0.717) is 16.6 Å². The fraction of sp³-hybridized carbons (Fsp3) is 0.312. The van der Waals surface area contributed by atoms with Crippen LogP contribution in [0.25, 0.3) is 11.1 Å². The van der Waals surface area contributed by atoms with E-state index in [9.17, 15) is 4.79 Å². The van der Waals surface area contributed by atoms with Crippen molar-refractivity contribution in [2.24, 2.45) is 0 Å². The zero-order valence-corrected chi connectivity index (χ0v) is 11.9. The molecular weight excluding hydrogens is 268 g/mol. The minimum Gasteiger partial charge on any atom is -0.390 e. The summed E-state index contributed by atoms with van der Waals surface area (Å²) in [4.78, 5) is 13.7. The van der Waals surface area contributed by atoms with Gasteiger partial charge in [0.15, 0.2) is 0 Å². The van der Waals surface area contributed by atoms with E-state index in [4.69, 9.17) is 5.73 Å². The van der Waals surface area contributed by atoms with Crippen LogP contribution in [-0.4, -0.2) is 11.9 Å². The Balaban J connectivity index is 1.85. The highest BCUT2D eigenvalue weighted by molar-refractivity contribution is 7.17. The van der Waals surface area contributed by atoms with Gasteiger partial charge in [-0.1, -0.05) is 24.3 Å². The summed E-state index contributed by atoms with van der Waals surface area (Å²) in [7, 11) is 0. The summed E-state index contributed by atoms with van der Waals surface area (Å²) >= 11 is 1.57. The molecule has 0 saturated heterocycles. The largest absolute Gasteiger partial charge is 0.390 e. The number of fused-ring (bicyclic) bond motifs is 3. The second-order valence-electron chi connectivity index (χ2n) is 5.54. The number of nitrogen functional groups attached to an aromatic ring is 1. The van der Waals surface area contributed by atoms with Crippen molar-refractivity contribution in [2.45, 2.75) is 31.7 Å². The van der Waals surface area contributed by atoms with E-state index in [1.165, 1.54) is 16.0 Å². The monoisotopic (exact) mass is 284 g/mol. The molecule has 2 aromatic rings. The van der Waals surface area contributed by atoms with Crippen molar-refractivity contribution in [1.29, 1.82) is 0 Å². The number of aryl methyl sites for hydroxylation is 2. The van der Waals surface area contributed by atoms with Crippen molar-refractivity contribution >= 4 is 22.2 Å². The molecule has 2 aliphatic rings. The number of nitrogens with two attached hydrogens (primary N) is 1. The topological polar surface area (TPSA) is 55.1 Å². The minimum atomic E-state index is -0.000738. The number of thiophene rings is 1. The number of rotatable bonds is 2. The highest BCUT2D eigenvalue weighted by Gasteiger charge is 2.30. The Kier molecular flexibility index (Phi) is 2.60. The van der Waals surface area contributed by atoms with Crippen LogP contribution in [-0.2, 0) is 12.8 Å². The summed E-state index contributed by atoms with van der Waals surface area (Å²) in [6, 6.07) is 8.70. The predicted octanol–water partition coefficient (Wildman–Crippen LogP) is 2.99. The second kappa shape index (κ2) is 4.35. The van der Waals surface area contributed by atoms with Crippen LogP contribution in [0.15, 0.2) is 24.3 Å². The van der Waals surface area contributed by atoms with Crippen molar-refractivity contribution in [3.8, 4) is 11.1 Å². The molecule has 0 unspecified atom stereocenters. The van der Waals surface area contributed by atoms with Crippen LogP contribution in [0, 0.1) is 0 Å². The molecule has 3 nitrogen and oxygen atoms in total. The van der Waals surface area contributed by atoms with Crippen molar-refractivity contribution in [2.75, 3.05) is 5.73 Å². The lowest BCUT2D eigenvalue weighted by Gasteiger charge is -2.17. The van der Waals surface area contributed by atoms with Crippen molar-refractivity contribution in [3.63, 3.8) is 0 Å². The van der Waals surface area contributed by atoms with Crippen LogP contribution < -0.4 is 11.1 Å². The van der Waals surface area contributed by atoms with Crippen LogP contribution in [0.4, 0.5) is 5.00 Å². The molecule has 0 aliphatic heterocycles. The van der Waals surface area contributed by atoms with Gasteiger partial charge in [-0.25, -0.2) is 0 Å². The predicted molar refractivity (Wildman–Crippen MR) is 82.1 cm³/mol. The first kappa shape index (κ1) is 12.0. The molecule has 0 radical (unpaired) electrons. The molecule has 0 bridgehead atoms. The van der Waals surface area contributed by atoms with E-state index >= 15 is 0 Å². The van der Waals surface area contributed by atoms with Gasteiger partial charge >= 0.3 is 0 Å². The maximum atomic E-state index is 12.5. The third-order valence-corrected chi connectivity index (χ3v) is 5.13. The van der Waals surface area contributed by atoms with Crippen molar-refractivity contribution in [1.82, 2.24) is 5.32 Å². The molecule has 1 aromatic carbocycles. The van der Waals surface area contributed by atoms with E-state index in [1.54, 1.807) is 11.3 Å². The zero-order valence-electron chi connectivity index (χ0n) is 11.1. The molecule has 4 rings (SSSR count). The Morgan fingerprint density at radius 3 is 2.85 bits per heavy atom. The number of nitrogens with one attached hydrogen (secondary N) is 1. The van der Waals surface area contributed by atoms with Crippen LogP contribution >= 0.6 is 11.3 Å². The number of anilines is 1. The summed E-state index contributed by atoms with van der Waals surface area (Å²) in [5.74, 6) is -0.000738. The molecule has 1 heterocycles. The first-order chi connectivity index (χ1) is 9.74. The maximum Gasteiger partial charge on any atom is 0.255 e. The molecule has 4 heteroatoms. The third kappa shape index (κ3) is 1.83. The van der Waals surface area contributed by atoms with Crippen LogP contribution in [0.3, 0.4) is 0 Å². The van der Waals surface area contributed by atoms with Gasteiger partial charge in [0.25, 0.3) is 5.91 Å². The molecule has 1 aromatic heterocycles. The van der Waals surface area contributed by atoms with Gasteiger partial charge in [0, 0.05) is 16.5 Å². The Hall–Kier alpha value is -1.81. The minimum absolute atomic E-state index is 0.000738. The van der Waals surface area contributed by atoms with Gasteiger partial charge < -0.3 is 11.1 Å². The Morgan fingerprint density at radius 1 is 1.25 bits per heavy atom. The Morgan fingerprint density at radius 2 is 2.05 bits per heavy atom. The van der Waals surface area contributed by atoms with Crippen molar-refractivity contribution < 1.29 is 4.79 Å². The SMILES string of the molecule is Nc1sc2c(c1C(=O)NC1CC1)-c1ccccc1CC2. The van der Waals surface area contributed by atoms with Crippen molar-refractivity contribution in [3.05, 3.63) is 40.3 Å². The molecule has 3 N–H and O–H groups in total. The number of hydrogen-bond acceptors (Lipinski definition) is 3. The van der Waals surface area contributed by atoms with Gasteiger partial charge in [0.05, 0.1) is 10.6 Å². The van der Waals surface area contributed by atoms with E-state index < -0.39 is 0 Å². The van der Waals surface area contributed by atoms with Crippen LogP contribution in [0.2, 0.25) is 0 Å². The summed E-state index contributed by atoms with van der Waals surface area (Å²) in [5.41, 5.74) is 10.4. The number of carbonyl (C=O) groups excluding carboxylic acids is 1. The van der Waals surface area contributed by atoms with Gasteiger partial charge in [-0.05, 0) is 36.8 Å². The van der Waals surface area contributed by atoms with E-state index in [2.05, 4.69) is 23.5 Å². The zero-order chi connectivity index (χ0) is 13.7. The second-order valence-corrected chi connectivity index (χ2v) is 6.68. The summed E-state index contributed by atoms with van der Waals surface area (Å²) < 4.78 is 0. The summed E-state index contributed by atoms with van der Waals surface area (Å²) in [6.07, 6.45) is 4.20. The molecule has 1 saturated carbocycles. The molecule has 1 amide bonds. The smallest absolute Gasteiger partial charge is 0.255 e. The standard InChI is InChI=1S/C16H16N2OS/c17-15-14(16(19)18-10-6-7-10)13-11-4-2-1-3-9(11)5-8-12(13)20-15/h1-4,10H,5-8,17H2,(H,18,19). The van der Waals surface area contributed by atoms with Crippen LogP contribution in [0.5, 0.6) is 0 Å². The molecule has 2 aliphatic carbocycles. The highest BCUT2D eigenvalue weighted by atomic mass is 32.1. The number of amides is 1. The summed E-state index contributed by atoms with van der Waals surface area (Å²) in [6.45, 7) is 0. The quantitative estimate of drug-likeness (QED) is 0.890. The van der Waals surface area contributed by atoms with Gasteiger partial charge in [-0.2, -0.15) is 0 Å². The lowest BCUT2D eigenvalue weighted by molar-refractivity contribution is 0.0953. The summed E-state index contributed by atoms with van der Waals surface area (Å²) in [5, 5.41) is 3.72. The number of hydrogen-bond donors (Lipinski definition) is 2. The molecule has 102 valence electrons. The average Bonchev–Trinajstić information content (AvgIpc) is 3.18. The lowest BCUT2D eigenvalue weighted by Crippen LogP contribution is -2.26. The van der Waals surface area contributed by atoms with E-state index in [0.717, 1.165) is 31.2 Å². The van der Waals surface area contributed by atoms with Gasteiger partial charge in [0.1, 0.15) is 0 Å². The van der Waals surface area contributed by atoms with Gasteiger partial charge in [0.2, 0.25) is 0 Å². The molecule has 0 atom stereocenters.